The van der Waals surface area contributed by atoms with E-state index in [4.69, 9.17) is 5.11 Å². The third-order valence-corrected chi connectivity index (χ3v) is 3.49. The summed E-state index contributed by atoms with van der Waals surface area (Å²) in [6.07, 6.45) is 4.13. The van der Waals surface area contributed by atoms with E-state index in [0.29, 0.717) is 11.7 Å². The molecule has 2 heterocycles. The minimum atomic E-state index is -0.232. The van der Waals surface area contributed by atoms with Crippen molar-refractivity contribution < 1.29 is 9.90 Å². The molecule has 0 radical (unpaired) electrons. The first-order chi connectivity index (χ1) is 9.26. The quantitative estimate of drug-likeness (QED) is 0.831. The molecule has 6 heteroatoms. The first-order valence-electron chi connectivity index (χ1n) is 6.69. The molecule has 1 fully saturated rings. The van der Waals surface area contributed by atoms with Crippen molar-refractivity contribution in [3.05, 3.63) is 17.8 Å². The van der Waals surface area contributed by atoms with E-state index in [9.17, 15) is 4.79 Å². The van der Waals surface area contributed by atoms with Crippen LogP contribution in [0.5, 0.6) is 0 Å². The highest BCUT2D eigenvalue weighted by Crippen LogP contribution is 2.24. The molecule has 1 unspecified atom stereocenters. The minimum absolute atomic E-state index is 0.185. The van der Waals surface area contributed by atoms with E-state index in [-0.39, 0.29) is 12.5 Å². The van der Waals surface area contributed by atoms with Crippen LogP contribution >= 0.6 is 0 Å². The largest absolute Gasteiger partial charge is 0.396 e. The molecule has 19 heavy (non-hydrogen) atoms. The van der Waals surface area contributed by atoms with Gasteiger partial charge in [-0.3, -0.25) is 4.79 Å². The van der Waals surface area contributed by atoms with Crippen molar-refractivity contribution in [3.8, 4) is 0 Å². The Morgan fingerprint density at radius 1 is 1.47 bits per heavy atom. The Hall–Kier alpha value is -1.69. The number of anilines is 1. The zero-order chi connectivity index (χ0) is 13.7. The van der Waals surface area contributed by atoms with Crippen LogP contribution in [0.15, 0.2) is 12.1 Å². The molecule has 1 atom stereocenters. The van der Waals surface area contributed by atoms with Crippen molar-refractivity contribution in [1.29, 1.82) is 0 Å². The lowest BCUT2D eigenvalue weighted by Gasteiger charge is -2.36. The fraction of sp³-hybridized carbons (Fsp3) is 0.615. The first kappa shape index (κ1) is 13.7. The lowest BCUT2D eigenvalue weighted by atomic mass is 10.00. The van der Waals surface area contributed by atoms with Crippen molar-refractivity contribution in [2.45, 2.75) is 31.7 Å². The molecular formula is C13H20N4O2. The van der Waals surface area contributed by atoms with Gasteiger partial charge in [0.05, 0.1) is 0 Å². The fourth-order valence-electron chi connectivity index (χ4n) is 2.48. The molecule has 0 aromatic carbocycles. The van der Waals surface area contributed by atoms with Gasteiger partial charge in [0.2, 0.25) is 0 Å². The summed E-state index contributed by atoms with van der Waals surface area (Å²) < 4.78 is 0. The van der Waals surface area contributed by atoms with Gasteiger partial charge in [-0.15, -0.1) is 10.2 Å². The van der Waals surface area contributed by atoms with Crippen LogP contribution in [0.3, 0.4) is 0 Å². The second-order valence-corrected chi connectivity index (χ2v) is 4.71. The molecule has 6 nitrogen and oxygen atoms in total. The molecule has 2 rings (SSSR count). The summed E-state index contributed by atoms with van der Waals surface area (Å²) >= 11 is 0. The monoisotopic (exact) mass is 264 g/mol. The van der Waals surface area contributed by atoms with Gasteiger partial charge < -0.3 is 15.3 Å². The number of aromatic nitrogens is 2. The molecule has 104 valence electrons. The molecule has 1 aromatic heterocycles. The van der Waals surface area contributed by atoms with Crippen molar-refractivity contribution in [2.75, 3.05) is 25.1 Å². The number of aliphatic hydroxyl groups is 1. The number of carbonyl (C=O) groups is 1. The third kappa shape index (κ3) is 3.20. The second-order valence-electron chi connectivity index (χ2n) is 4.71. The predicted octanol–water partition coefficient (Wildman–Crippen LogP) is 0.577. The summed E-state index contributed by atoms with van der Waals surface area (Å²) in [6.45, 7) is 1.11. The maximum Gasteiger partial charge on any atom is 0.271 e. The van der Waals surface area contributed by atoms with Gasteiger partial charge in [0.1, 0.15) is 0 Å². The predicted molar refractivity (Wildman–Crippen MR) is 72.1 cm³/mol. The fourth-order valence-corrected chi connectivity index (χ4v) is 2.48. The average Bonchev–Trinajstić information content (AvgIpc) is 2.47. The summed E-state index contributed by atoms with van der Waals surface area (Å²) in [6, 6.07) is 3.83. The molecular weight excluding hydrogens is 244 g/mol. The van der Waals surface area contributed by atoms with Crippen LogP contribution in [0.1, 0.15) is 36.2 Å². The highest BCUT2D eigenvalue weighted by atomic mass is 16.3. The van der Waals surface area contributed by atoms with Crippen molar-refractivity contribution in [2.24, 2.45) is 0 Å². The van der Waals surface area contributed by atoms with E-state index < -0.39 is 0 Å². The molecule has 0 bridgehead atoms. The first-order valence-corrected chi connectivity index (χ1v) is 6.69. The van der Waals surface area contributed by atoms with Crippen molar-refractivity contribution in [3.63, 3.8) is 0 Å². The molecule has 2 N–H and O–H groups in total. The Kier molecular flexibility index (Phi) is 4.68. The topological polar surface area (TPSA) is 78.4 Å². The number of amides is 1. The molecule has 0 saturated carbocycles. The number of aliphatic hydroxyl groups excluding tert-OH is 1. The van der Waals surface area contributed by atoms with Crippen LogP contribution in [0.4, 0.5) is 5.82 Å². The van der Waals surface area contributed by atoms with Crippen LogP contribution in [-0.2, 0) is 0 Å². The second kappa shape index (κ2) is 6.47. The van der Waals surface area contributed by atoms with Gasteiger partial charge in [-0.1, -0.05) is 0 Å². The molecule has 0 aliphatic carbocycles. The SMILES string of the molecule is CNC(=O)c1ccc(N2CCCCC2CCO)nn1. The maximum atomic E-state index is 11.4. The van der Waals surface area contributed by atoms with Gasteiger partial charge in [0, 0.05) is 26.2 Å². The van der Waals surface area contributed by atoms with Gasteiger partial charge >= 0.3 is 0 Å². The highest BCUT2D eigenvalue weighted by molar-refractivity contribution is 5.91. The molecule has 1 aromatic rings. The van der Waals surface area contributed by atoms with Gasteiger partial charge in [0.25, 0.3) is 5.91 Å². The number of hydrogen-bond acceptors (Lipinski definition) is 5. The number of piperidine rings is 1. The van der Waals surface area contributed by atoms with Gasteiger partial charge in [-0.2, -0.15) is 0 Å². The van der Waals surface area contributed by atoms with E-state index >= 15 is 0 Å². The summed E-state index contributed by atoms with van der Waals surface area (Å²) in [7, 11) is 1.57. The zero-order valence-corrected chi connectivity index (χ0v) is 11.2. The van der Waals surface area contributed by atoms with Crippen LogP contribution < -0.4 is 10.2 Å². The average molecular weight is 264 g/mol. The standard InChI is InChI=1S/C13H20N4O2/c1-14-13(19)11-5-6-12(16-15-11)17-8-3-2-4-10(17)7-9-18/h5-6,10,18H,2-4,7-9H2,1H3,(H,14,19). The Balaban J connectivity index is 2.13. The minimum Gasteiger partial charge on any atom is -0.396 e. The lowest BCUT2D eigenvalue weighted by Crippen LogP contribution is -2.40. The number of nitrogens with zero attached hydrogens (tertiary/aromatic N) is 3. The number of carbonyl (C=O) groups excluding carboxylic acids is 1. The summed E-state index contributed by atoms with van der Waals surface area (Å²) in [5.74, 6) is 0.551. The third-order valence-electron chi connectivity index (χ3n) is 3.49. The lowest BCUT2D eigenvalue weighted by molar-refractivity contribution is 0.0957. The van der Waals surface area contributed by atoms with E-state index in [0.717, 1.165) is 31.6 Å². The van der Waals surface area contributed by atoms with E-state index in [1.165, 1.54) is 6.42 Å². The Morgan fingerprint density at radius 3 is 2.95 bits per heavy atom. The van der Waals surface area contributed by atoms with Gasteiger partial charge in [0.15, 0.2) is 11.5 Å². The molecule has 1 aliphatic rings. The number of hydrogen-bond donors (Lipinski definition) is 2. The Morgan fingerprint density at radius 2 is 2.32 bits per heavy atom. The molecule has 1 saturated heterocycles. The van der Waals surface area contributed by atoms with Crippen LogP contribution in [0, 0.1) is 0 Å². The van der Waals surface area contributed by atoms with Gasteiger partial charge in [-0.05, 0) is 37.8 Å². The summed E-state index contributed by atoms with van der Waals surface area (Å²) in [5.41, 5.74) is 0.321. The normalized spacial score (nSPS) is 19.3. The van der Waals surface area contributed by atoms with Crippen LogP contribution in [0.2, 0.25) is 0 Å². The van der Waals surface area contributed by atoms with Gasteiger partial charge in [-0.25, -0.2) is 0 Å². The van der Waals surface area contributed by atoms with Crippen LogP contribution in [0.25, 0.3) is 0 Å². The Bertz CT molecular complexity index is 419. The van der Waals surface area contributed by atoms with E-state index in [1.807, 2.05) is 6.07 Å². The zero-order valence-electron chi connectivity index (χ0n) is 11.2. The van der Waals surface area contributed by atoms with Crippen molar-refractivity contribution in [1.82, 2.24) is 15.5 Å². The van der Waals surface area contributed by atoms with Crippen molar-refractivity contribution >= 4 is 11.7 Å². The van der Waals surface area contributed by atoms with E-state index in [2.05, 4.69) is 20.4 Å². The number of rotatable bonds is 4. The maximum absolute atomic E-state index is 11.4. The molecule has 1 aliphatic heterocycles. The summed E-state index contributed by atoms with van der Waals surface area (Å²) in [5, 5.41) is 19.7. The Labute approximate surface area is 112 Å². The molecule has 0 spiro atoms. The van der Waals surface area contributed by atoms with Crippen LogP contribution in [-0.4, -0.2) is 47.5 Å². The molecule has 1 amide bonds. The summed E-state index contributed by atoms with van der Waals surface area (Å²) in [4.78, 5) is 13.6. The smallest absolute Gasteiger partial charge is 0.271 e. The number of nitrogens with one attached hydrogen (secondary N) is 1. The highest BCUT2D eigenvalue weighted by Gasteiger charge is 2.23. The van der Waals surface area contributed by atoms with E-state index in [1.54, 1.807) is 13.1 Å².